The Morgan fingerprint density at radius 2 is 2.14 bits per heavy atom. The maximum Gasteiger partial charge on any atom is 0.127 e. The van der Waals surface area contributed by atoms with Crippen molar-refractivity contribution in [3.8, 4) is 0 Å². The fourth-order valence-electron chi connectivity index (χ4n) is 2.80. The number of hydrogen-bond donors (Lipinski definition) is 1. The van der Waals surface area contributed by atoms with E-state index in [1.54, 1.807) is 6.07 Å². The maximum atomic E-state index is 14.0. The minimum absolute atomic E-state index is 0.0986. The van der Waals surface area contributed by atoms with Gasteiger partial charge in [0.25, 0.3) is 0 Å². The summed E-state index contributed by atoms with van der Waals surface area (Å²) in [6.45, 7) is 3.18. The predicted molar refractivity (Wildman–Crippen MR) is 94.6 cm³/mol. The van der Waals surface area contributed by atoms with E-state index in [-0.39, 0.29) is 5.82 Å². The smallest absolute Gasteiger partial charge is 0.127 e. The molecule has 1 atom stereocenters. The summed E-state index contributed by atoms with van der Waals surface area (Å²) < 4.78 is 14.8. The van der Waals surface area contributed by atoms with E-state index >= 15 is 0 Å². The molecule has 0 bridgehead atoms. The minimum Gasteiger partial charge on any atom is -0.313 e. The number of rotatable bonds is 8. The topological polar surface area (TPSA) is 12.0 Å². The van der Waals surface area contributed by atoms with Gasteiger partial charge in [0.2, 0.25) is 0 Å². The van der Waals surface area contributed by atoms with Crippen LogP contribution in [-0.4, -0.2) is 23.6 Å². The van der Waals surface area contributed by atoms with Crippen LogP contribution in [0.25, 0.3) is 0 Å². The number of benzene rings is 1. The number of nitrogens with one attached hydrogen (secondary N) is 1. The van der Waals surface area contributed by atoms with Gasteiger partial charge in [0.15, 0.2) is 0 Å². The third-order valence-corrected chi connectivity index (χ3v) is 6.03. The van der Waals surface area contributed by atoms with Crippen molar-refractivity contribution in [3.63, 3.8) is 0 Å². The molecule has 1 aliphatic carbocycles. The van der Waals surface area contributed by atoms with Crippen LogP contribution in [0.1, 0.15) is 44.6 Å². The first kappa shape index (κ1) is 17.3. The van der Waals surface area contributed by atoms with E-state index in [1.165, 1.54) is 25.7 Å². The van der Waals surface area contributed by atoms with Gasteiger partial charge in [-0.3, -0.25) is 0 Å². The average molecular weight is 374 g/mol. The lowest BCUT2D eigenvalue weighted by molar-refractivity contribution is 0.530. The molecule has 0 spiro atoms. The second kappa shape index (κ2) is 9.16. The molecule has 1 aliphatic rings. The van der Waals surface area contributed by atoms with Gasteiger partial charge in [0.1, 0.15) is 5.82 Å². The van der Waals surface area contributed by atoms with Crippen LogP contribution in [-0.2, 0) is 6.42 Å². The molecule has 1 aromatic rings. The highest BCUT2D eigenvalue weighted by molar-refractivity contribution is 9.10. The molecule has 0 aromatic heterocycles. The molecular formula is C17H25BrFNS. The Balaban J connectivity index is 1.90. The van der Waals surface area contributed by atoms with E-state index in [1.807, 2.05) is 12.1 Å². The van der Waals surface area contributed by atoms with Crippen LogP contribution in [0.15, 0.2) is 22.7 Å². The van der Waals surface area contributed by atoms with Gasteiger partial charge < -0.3 is 5.32 Å². The summed E-state index contributed by atoms with van der Waals surface area (Å²) in [6, 6.07) is 5.77. The van der Waals surface area contributed by atoms with Crippen LogP contribution in [0.5, 0.6) is 0 Å². The van der Waals surface area contributed by atoms with Crippen molar-refractivity contribution in [1.29, 1.82) is 0 Å². The first-order valence-electron chi connectivity index (χ1n) is 7.98. The Morgan fingerprint density at radius 1 is 1.38 bits per heavy atom. The first-order valence-corrected chi connectivity index (χ1v) is 9.82. The third-order valence-electron chi connectivity index (χ3n) is 4.00. The van der Waals surface area contributed by atoms with Gasteiger partial charge in [0.05, 0.1) is 0 Å². The van der Waals surface area contributed by atoms with Gasteiger partial charge in [-0.05, 0) is 49.9 Å². The maximum absolute atomic E-state index is 14.0. The summed E-state index contributed by atoms with van der Waals surface area (Å²) in [4.78, 5) is 0. The molecule has 0 saturated heterocycles. The molecule has 1 fully saturated rings. The Kier molecular flexibility index (Phi) is 7.55. The molecule has 1 N–H and O–H groups in total. The summed E-state index contributed by atoms with van der Waals surface area (Å²) in [6.07, 6.45) is 7.37. The Morgan fingerprint density at radius 3 is 2.81 bits per heavy atom. The monoisotopic (exact) mass is 373 g/mol. The minimum atomic E-state index is -0.0986. The van der Waals surface area contributed by atoms with Gasteiger partial charge in [-0.25, -0.2) is 4.39 Å². The van der Waals surface area contributed by atoms with E-state index in [9.17, 15) is 4.39 Å². The summed E-state index contributed by atoms with van der Waals surface area (Å²) in [5.74, 6) is 0.985. The van der Waals surface area contributed by atoms with Crippen LogP contribution < -0.4 is 5.32 Å². The number of halogens is 2. The molecule has 0 heterocycles. The van der Waals surface area contributed by atoms with Crippen LogP contribution >= 0.6 is 27.7 Å². The van der Waals surface area contributed by atoms with Crippen molar-refractivity contribution in [2.75, 3.05) is 12.3 Å². The van der Waals surface area contributed by atoms with Crippen molar-refractivity contribution in [2.45, 2.75) is 56.7 Å². The Hall–Kier alpha value is -0.0600. The van der Waals surface area contributed by atoms with Crippen LogP contribution in [0.4, 0.5) is 4.39 Å². The highest BCUT2D eigenvalue weighted by Gasteiger charge is 2.18. The number of thioether (sulfide) groups is 1. The Bertz CT molecular complexity index is 435. The third kappa shape index (κ3) is 5.91. The van der Waals surface area contributed by atoms with Crippen molar-refractivity contribution in [2.24, 2.45) is 0 Å². The van der Waals surface area contributed by atoms with Crippen molar-refractivity contribution in [3.05, 3.63) is 34.1 Å². The second-order valence-electron chi connectivity index (χ2n) is 5.83. The van der Waals surface area contributed by atoms with Gasteiger partial charge >= 0.3 is 0 Å². The number of hydrogen-bond acceptors (Lipinski definition) is 2. The summed E-state index contributed by atoms with van der Waals surface area (Å²) >= 11 is 5.40. The quantitative estimate of drug-likeness (QED) is 0.673. The van der Waals surface area contributed by atoms with Crippen molar-refractivity contribution in [1.82, 2.24) is 5.32 Å². The van der Waals surface area contributed by atoms with E-state index in [0.29, 0.717) is 6.04 Å². The lowest BCUT2D eigenvalue weighted by atomic mass is 10.1. The molecule has 118 valence electrons. The SMILES string of the molecule is CCCNC(CSC1CCCC1)Cc1ccc(Br)cc1F. The highest BCUT2D eigenvalue weighted by atomic mass is 79.9. The fourth-order valence-corrected chi connectivity index (χ4v) is 4.54. The molecule has 0 aliphatic heterocycles. The van der Waals surface area contributed by atoms with E-state index < -0.39 is 0 Å². The Labute approximate surface area is 140 Å². The molecule has 1 saturated carbocycles. The molecule has 4 heteroatoms. The zero-order valence-corrected chi connectivity index (χ0v) is 15.1. The van der Waals surface area contributed by atoms with Gasteiger partial charge in [-0.15, -0.1) is 0 Å². The van der Waals surface area contributed by atoms with Crippen LogP contribution in [0.3, 0.4) is 0 Å². The molecule has 1 nitrogen and oxygen atoms in total. The summed E-state index contributed by atoms with van der Waals surface area (Å²) in [5.41, 5.74) is 0.818. The van der Waals surface area contributed by atoms with Gasteiger partial charge in [-0.1, -0.05) is 41.8 Å². The van der Waals surface area contributed by atoms with Gasteiger partial charge in [-0.2, -0.15) is 11.8 Å². The molecule has 21 heavy (non-hydrogen) atoms. The largest absolute Gasteiger partial charge is 0.313 e. The zero-order valence-electron chi connectivity index (χ0n) is 12.7. The molecule has 1 aromatic carbocycles. The molecule has 2 rings (SSSR count). The lowest BCUT2D eigenvalue weighted by Crippen LogP contribution is -2.34. The van der Waals surface area contributed by atoms with E-state index in [2.05, 4.69) is 39.9 Å². The lowest BCUT2D eigenvalue weighted by Gasteiger charge is -2.20. The molecule has 0 amide bonds. The van der Waals surface area contributed by atoms with Gasteiger partial charge in [0, 0.05) is 21.5 Å². The summed E-state index contributed by atoms with van der Waals surface area (Å²) in [7, 11) is 0. The second-order valence-corrected chi connectivity index (χ2v) is 8.08. The van der Waals surface area contributed by atoms with E-state index in [4.69, 9.17) is 0 Å². The standard InChI is InChI=1S/C17H25BrFNS/c1-2-9-20-15(12-21-16-5-3-4-6-16)10-13-7-8-14(18)11-17(13)19/h7-8,11,15-16,20H,2-6,9-10,12H2,1H3. The average Bonchev–Trinajstić information content (AvgIpc) is 2.97. The molecule has 1 unspecified atom stereocenters. The summed E-state index contributed by atoms with van der Waals surface area (Å²) in [5, 5.41) is 4.41. The zero-order chi connectivity index (χ0) is 15.1. The van der Waals surface area contributed by atoms with Crippen molar-refractivity contribution < 1.29 is 4.39 Å². The van der Waals surface area contributed by atoms with Crippen LogP contribution in [0, 0.1) is 5.82 Å². The molecule has 0 radical (unpaired) electrons. The molecular weight excluding hydrogens is 349 g/mol. The first-order chi connectivity index (χ1) is 10.2. The van der Waals surface area contributed by atoms with Crippen LogP contribution in [0.2, 0.25) is 0 Å². The van der Waals surface area contributed by atoms with Crippen molar-refractivity contribution >= 4 is 27.7 Å². The highest BCUT2D eigenvalue weighted by Crippen LogP contribution is 2.30. The fraction of sp³-hybridized carbons (Fsp3) is 0.647. The van der Waals surface area contributed by atoms with E-state index in [0.717, 1.165) is 40.4 Å². The predicted octanol–water partition coefficient (Wildman–Crippen LogP) is 5.17. The normalized spacial score (nSPS) is 17.3.